The van der Waals surface area contributed by atoms with Gasteiger partial charge in [0.25, 0.3) is 0 Å². The fourth-order valence-electron chi connectivity index (χ4n) is 4.84. The van der Waals surface area contributed by atoms with Gasteiger partial charge in [-0.25, -0.2) is 0 Å². The van der Waals surface area contributed by atoms with Gasteiger partial charge in [0, 0.05) is 34.0 Å². The van der Waals surface area contributed by atoms with E-state index in [9.17, 15) is 18.3 Å². The number of ether oxygens (including phenoxy) is 1. The van der Waals surface area contributed by atoms with Crippen molar-refractivity contribution in [2.45, 2.75) is 45.6 Å². The van der Waals surface area contributed by atoms with E-state index in [0.717, 1.165) is 50.7 Å². The number of H-pyrrole nitrogens is 1. The minimum atomic E-state index is -4.72. The summed E-state index contributed by atoms with van der Waals surface area (Å²) in [4.78, 5) is 8.41. The fourth-order valence-corrected chi connectivity index (χ4v) is 4.84. The maximum absolute atomic E-state index is 12.5. The molecule has 1 atom stereocenters. The molecular weight excluding hydrogens is 417 g/mol. The van der Waals surface area contributed by atoms with Gasteiger partial charge in [-0.2, -0.15) is 0 Å². The van der Waals surface area contributed by atoms with Crippen molar-refractivity contribution in [2.24, 2.45) is 5.41 Å². The average Bonchev–Trinajstić information content (AvgIpc) is 3.07. The molecule has 0 aliphatic heterocycles. The van der Waals surface area contributed by atoms with Gasteiger partial charge in [-0.15, -0.1) is 13.2 Å². The minimum Gasteiger partial charge on any atom is -0.406 e. The molecule has 0 saturated carbocycles. The number of hydrogen-bond acceptors (Lipinski definition) is 3. The zero-order chi connectivity index (χ0) is 22.7. The molecule has 2 heterocycles. The van der Waals surface area contributed by atoms with Crippen LogP contribution in [0.25, 0.3) is 21.8 Å². The Labute approximate surface area is 183 Å². The molecule has 5 rings (SSSR count). The fraction of sp³-hybridized carbons (Fsp3) is 0.320. The highest BCUT2D eigenvalue weighted by Crippen LogP contribution is 2.45. The first-order valence-electron chi connectivity index (χ1n) is 10.5. The third-order valence-corrected chi connectivity index (χ3v) is 6.10. The molecule has 0 spiro atoms. The lowest BCUT2D eigenvalue weighted by Crippen LogP contribution is -2.27. The highest BCUT2D eigenvalue weighted by atomic mass is 19.4. The van der Waals surface area contributed by atoms with Crippen molar-refractivity contribution < 1.29 is 23.0 Å². The largest absolute Gasteiger partial charge is 0.573 e. The molecule has 166 valence electrons. The number of hydrogen-bond donors (Lipinski definition) is 2. The smallest absolute Gasteiger partial charge is 0.406 e. The van der Waals surface area contributed by atoms with E-state index in [1.807, 2.05) is 24.3 Å². The molecule has 32 heavy (non-hydrogen) atoms. The Hall–Kier alpha value is -3.06. The number of aromatic nitrogens is 2. The Morgan fingerprint density at radius 3 is 2.56 bits per heavy atom. The van der Waals surface area contributed by atoms with Crippen LogP contribution in [0.3, 0.4) is 0 Å². The molecule has 0 radical (unpaired) electrons. The van der Waals surface area contributed by atoms with E-state index in [2.05, 4.69) is 23.6 Å². The van der Waals surface area contributed by atoms with Crippen molar-refractivity contribution in [1.29, 1.82) is 0 Å². The number of rotatable bonds is 3. The molecule has 0 bridgehead atoms. The number of fused-ring (bicyclic) bond motifs is 5. The van der Waals surface area contributed by atoms with Crippen LogP contribution in [0, 0.1) is 5.41 Å². The highest BCUT2D eigenvalue weighted by molar-refractivity contribution is 6.10. The predicted molar refractivity (Wildman–Crippen MR) is 117 cm³/mol. The van der Waals surface area contributed by atoms with Gasteiger partial charge in [0.2, 0.25) is 0 Å². The van der Waals surface area contributed by atoms with Crippen molar-refractivity contribution in [3.63, 3.8) is 0 Å². The van der Waals surface area contributed by atoms with Gasteiger partial charge < -0.3 is 14.8 Å². The molecule has 1 aliphatic rings. The van der Waals surface area contributed by atoms with Gasteiger partial charge in [-0.3, -0.25) is 4.98 Å². The van der Waals surface area contributed by atoms with E-state index >= 15 is 0 Å². The van der Waals surface area contributed by atoms with E-state index in [4.69, 9.17) is 4.98 Å². The third kappa shape index (κ3) is 3.81. The van der Waals surface area contributed by atoms with Crippen LogP contribution in [0.4, 0.5) is 13.2 Å². The standard InChI is InChI=1S/C25H23F3N2O2/c1-24(2)12-19-22(20(31)13-24)21-16-5-3-4-6-17(16)30-23(21)18(29-19)11-14-7-9-15(10-8-14)32-25(26,27)28/h3-10,20,30-31H,11-13H2,1-2H3. The van der Waals surface area contributed by atoms with Crippen molar-refractivity contribution in [2.75, 3.05) is 0 Å². The average molecular weight is 440 g/mol. The molecule has 1 unspecified atom stereocenters. The number of benzene rings is 2. The summed E-state index contributed by atoms with van der Waals surface area (Å²) >= 11 is 0. The Morgan fingerprint density at radius 1 is 1.12 bits per heavy atom. The molecule has 1 aliphatic carbocycles. The van der Waals surface area contributed by atoms with Crippen molar-refractivity contribution in [3.05, 3.63) is 71.0 Å². The second kappa shape index (κ2) is 7.24. The summed E-state index contributed by atoms with van der Waals surface area (Å²) in [6.45, 7) is 4.25. The number of nitrogens with one attached hydrogen (secondary N) is 1. The number of para-hydroxylation sites is 1. The van der Waals surface area contributed by atoms with E-state index in [1.54, 1.807) is 12.1 Å². The normalized spacial score (nSPS) is 18.1. The van der Waals surface area contributed by atoms with E-state index in [0.29, 0.717) is 12.8 Å². The Kier molecular flexibility index (Phi) is 4.71. The number of alkyl halides is 3. The summed E-state index contributed by atoms with van der Waals surface area (Å²) in [5.74, 6) is -0.250. The van der Waals surface area contributed by atoms with Crippen LogP contribution in [0.2, 0.25) is 0 Å². The number of aliphatic hydroxyl groups is 1. The summed E-state index contributed by atoms with van der Waals surface area (Å²) in [7, 11) is 0. The molecule has 0 amide bonds. The van der Waals surface area contributed by atoms with Gasteiger partial charge >= 0.3 is 6.36 Å². The molecule has 4 nitrogen and oxygen atoms in total. The number of nitrogens with zero attached hydrogens (tertiary/aromatic N) is 1. The quantitative estimate of drug-likeness (QED) is 0.398. The second-order valence-electron chi connectivity index (χ2n) is 9.27. The number of pyridine rings is 1. The number of halogens is 3. The maximum atomic E-state index is 12.5. The van der Waals surface area contributed by atoms with Crippen LogP contribution in [0.15, 0.2) is 48.5 Å². The van der Waals surface area contributed by atoms with Crippen LogP contribution < -0.4 is 4.74 Å². The van der Waals surface area contributed by atoms with Crippen molar-refractivity contribution in [1.82, 2.24) is 9.97 Å². The first-order valence-corrected chi connectivity index (χ1v) is 10.5. The van der Waals surface area contributed by atoms with Gasteiger partial charge in [0.05, 0.1) is 17.3 Å². The molecule has 7 heteroatoms. The monoisotopic (exact) mass is 440 g/mol. The molecular formula is C25H23F3N2O2. The molecule has 2 aromatic heterocycles. The van der Waals surface area contributed by atoms with Crippen LogP contribution in [0.5, 0.6) is 5.75 Å². The van der Waals surface area contributed by atoms with Gasteiger partial charge in [-0.1, -0.05) is 44.2 Å². The lowest BCUT2D eigenvalue weighted by Gasteiger charge is -2.34. The zero-order valence-electron chi connectivity index (χ0n) is 17.8. The molecule has 2 aromatic carbocycles. The Balaban J connectivity index is 1.63. The molecule has 2 N–H and O–H groups in total. The third-order valence-electron chi connectivity index (χ3n) is 6.10. The maximum Gasteiger partial charge on any atom is 0.573 e. The lowest BCUT2D eigenvalue weighted by molar-refractivity contribution is -0.274. The van der Waals surface area contributed by atoms with Gasteiger partial charge in [0.15, 0.2) is 0 Å². The van der Waals surface area contributed by atoms with Crippen LogP contribution in [0.1, 0.15) is 48.9 Å². The highest BCUT2D eigenvalue weighted by Gasteiger charge is 2.35. The first-order chi connectivity index (χ1) is 15.1. The van der Waals surface area contributed by atoms with Crippen molar-refractivity contribution in [3.8, 4) is 5.75 Å². The Morgan fingerprint density at radius 2 is 1.84 bits per heavy atom. The van der Waals surface area contributed by atoms with Crippen LogP contribution in [-0.2, 0) is 12.8 Å². The molecule has 0 fully saturated rings. The van der Waals surface area contributed by atoms with Crippen molar-refractivity contribution >= 4 is 21.8 Å². The summed E-state index contributed by atoms with van der Waals surface area (Å²) in [5, 5.41) is 13.0. The van der Waals surface area contributed by atoms with Crippen LogP contribution >= 0.6 is 0 Å². The Bertz CT molecular complexity index is 1310. The summed E-state index contributed by atoms with van der Waals surface area (Å²) in [5.41, 5.74) is 5.15. The second-order valence-corrected chi connectivity index (χ2v) is 9.27. The summed E-state index contributed by atoms with van der Waals surface area (Å²) < 4.78 is 41.4. The summed E-state index contributed by atoms with van der Waals surface area (Å²) in [6.07, 6.45) is -3.46. The van der Waals surface area contributed by atoms with E-state index in [-0.39, 0.29) is 11.2 Å². The minimum absolute atomic E-state index is 0.0763. The first kappa shape index (κ1) is 20.8. The zero-order valence-corrected chi connectivity index (χ0v) is 17.8. The SMILES string of the molecule is CC1(C)Cc2nc(Cc3ccc(OC(F)(F)F)cc3)c3[nH]c4ccccc4c3c2C(O)C1. The number of aromatic amines is 1. The lowest BCUT2D eigenvalue weighted by atomic mass is 9.74. The van der Waals surface area contributed by atoms with Gasteiger partial charge in [0.1, 0.15) is 5.75 Å². The number of aliphatic hydroxyl groups excluding tert-OH is 1. The topological polar surface area (TPSA) is 58.1 Å². The molecule has 4 aromatic rings. The molecule has 0 saturated heterocycles. The van der Waals surface area contributed by atoms with Gasteiger partial charge in [-0.05, 0) is 42.0 Å². The predicted octanol–water partition coefficient (Wildman–Crippen LogP) is 6.21. The van der Waals surface area contributed by atoms with E-state index < -0.39 is 12.5 Å². The van der Waals surface area contributed by atoms with Crippen LogP contribution in [-0.4, -0.2) is 21.4 Å². The summed E-state index contributed by atoms with van der Waals surface area (Å²) in [6, 6.07) is 13.8. The van der Waals surface area contributed by atoms with E-state index in [1.165, 1.54) is 12.1 Å².